The summed E-state index contributed by atoms with van der Waals surface area (Å²) in [6.45, 7) is 4.79. The summed E-state index contributed by atoms with van der Waals surface area (Å²) in [7, 11) is 0. The number of hydrogen-bond donors (Lipinski definition) is 1. The molecule has 3 heterocycles. The van der Waals surface area contributed by atoms with E-state index in [2.05, 4.69) is 20.3 Å². The molecule has 11 heteroatoms. The molecule has 0 spiro atoms. The molecule has 0 radical (unpaired) electrons. The van der Waals surface area contributed by atoms with Gasteiger partial charge in [-0.25, -0.2) is 15.0 Å². The number of nitrogens with one attached hydrogen (secondary N) is 1. The number of amides is 1. The van der Waals surface area contributed by atoms with E-state index in [0.29, 0.717) is 30.1 Å². The predicted molar refractivity (Wildman–Crippen MR) is 124 cm³/mol. The molecule has 1 amide bonds. The Bertz CT molecular complexity index is 1160. The Morgan fingerprint density at radius 2 is 2.00 bits per heavy atom. The molecule has 1 saturated heterocycles. The van der Waals surface area contributed by atoms with Gasteiger partial charge in [-0.1, -0.05) is 6.92 Å². The highest BCUT2D eigenvalue weighted by molar-refractivity contribution is 7.15. The Labute approximate surface area is 204 Å². The van der Waals surface area contributed by atoms with Crippen LogP contribution in [0.5, 0.6) is 5.75 Å². The fourth-order valence-corrected chi connectivity index (χ4v) is 4.42. The summed E-state index contributed by atoms with van der Waals surface area (Å²) in [6, 6.07) is 4.59. The van der Waals surface area contributed by atoms with Crippen molar-refractivity contribution in [3.63, 3.8) is 0 Å². The lowest BCUT2D eigenvalue weighted by Crippen LogP contribution is -2.27. The number of halogens is 3. The van der Waals surface area contributed by atoms with Crippen LogP contribution in [-0.2, 0) is 17.3 Å². The molecule has 1 N–H and O–H groups in total. The number of nitrogens with zero attached hydrogens (tertiary/aromatic N) is 3. The topological polar surface area (TPSA) is 86.2 Å². The highest BCUT2D eigenvalue weighted by Gasteiger charge is 2.34. The lowest BCUT2D eigenvalue weighted by atomic mass is 10.1. The van der Waals surface area contributed by atoms with Gasteiger partial charge >= 0.3 is 6.18 Å². The summed E-state index contributed by atoms with van der Waals surface area (Å²) in [5, 5.41) is 3.56. The van der Waals surface area contributed by atoms with Gasteiger partial charge in [0, 0.05) is 46.8 Å². The molecule has 0 saturated carbocycles. The average Bonchev–Trinajstić information content (AvgIpc) is 3.54. The minimum Gasteiger partial charge on any atom is -0.491 e. The van der Waals surface area contributed by atoms with Gasteiger partial charge in [-0.15, -0.1) is 11.3 Å². The molecule has 186 valence electrons. The Balaban J connectivity index is 1.54. The summed E-state index contributed by atoms with van der Waals surface area (Å²) in [6.07, 6.45) is 2.10. The summed E-state index contributed by atoms with van der Waals surface area (Å²) in [5.74, 6) is -1.12. The molecule has 1 aromatic carbocycles. The molecule has 1 fully saturated rings. The zero-order valence-corrected chi connectivity index (χ0v) is 20.1. The number of rotatable bonds is 8. The fourth-order valence-electron chi connectivity index (χ4n) is 3.58. The Kier molecular flexibility index (Phi) is 7.66. The van der Waals surface area contributed by atoms with Gasteiger partial charge in [-0.05, 0) is 44.4 Å². The highest BCUT2D eigenvalue weighted by Crippen LogP contribution is 2.31. The third-order valence-corrected chi connectivity index (χ3v) is 6.74. The van der Waals surface area contributed by atoms with Crippen molar-refractivity contribution in [3.05, 3.63) is 58.6 Å². The van der Waals surface area contributed by atoms with Crippen molar-refractivity contribution in [1.82, 2.24) is 20.3 Å². The van der Waals surface area contributed by atoms with Gasteiger partial charge in [0.25, 0.3) is 5.91 Å². The molecule has 4 rings (SSSR count). The molecule has 2 atom stereocenters. The van der Waals surface area contributed by atoms with E-state index < -0.39 is 23.9 Å². The van der Waals surface area contributed by atoms with Crippen LogP contribution >= 0.6 is 11.3 Å². The van der Waals surface area contributed by atoms with E-state index in [1.54, 1.807) is 30.4 Å². The van der Waals surface area contributed by atoms with Crippen molar-refractivity contribution in [3.8, 4) is 16.3 Å². The number of hydrogen-bond acceptors (Lipinski definition) is 7. The second-order valence-electron chi connectivity index (χ2n) is 8.21. The van der Waals surface area contributed by atoms with E-state index in [-0.39, 0.29) is 6.10 Å². The molecule has 2 aromatic heterocycles. The maximum absolute atomic E-state index is 13.1. The molecule has 1 aliphatic heterocycles. The number of benzene rings is 1. The normalized spacial score (nSPS) is 16.8. The van der Waals surface area contributed by atoms with Crippen molar-refractivity contribution in [2.45, 2.75) is 51.4 Å². The molecule has 35 heavy (non-hydrogen) atoms. The van der Waals surface area contributed by atoms with Crippen LogP contribution in [0.4, 0.5) is 13.2 Å². The smallest absolute Gasteiger partial charge is 0.451 e. The van der Waals surface area contributed by atoms with Gasteiger partial charge in [-0.2, -0.15) is 13.2 Å². The predicted octanol–water partition coefficient (Wildman–Crippen LogP) is 5.23. The Morgan fingerprint density at radius 1 is 1.23 bits per heavy atom. The molecular weight excluding hydrogens is 481 g/mol. The zero-order valence-electron chi connectivity index (χ0n) is 19.3. The van der Waals surface area contributed by atoms with E-state index in [9.17, 15) is 18.0 Å². The number of carbonyl (C=O) groups is 1. The molecule has 1 unspecified atom stereocenters. The van der Waals surface area contributed by atoms with Crippen molar-refractivity contribution < 1.29 is 27.4 Å². The van der Waals surface area contributed by atoms with Gasteiger partial charge in [0.2, 0.25) is 5.82 Å². The van der Waals surface area contributed by atoms with E-state index in [1.807, 2.05) is 19.2 Å². The third-order valence-electron chi connectivity index (χ3n) is 5.55. The van der Waals surface area contributed by atoms with Gasteiger partial charge in [0.05, 0.1) is 12.1 Å². The van der Waals surface area contributed by atoms with Crippen LogP contribution < -0.4 is 10.1 Å². The average molecular weight is 507 g/mol. The van der Waals surface area contributed by atoms with Crippen LogP contribution in [-0.4, -0.2) is 40.2 Å². The molecule has 0 aliphatic carbocycles. The van der Waals surface area contributed by atoms with Crippen LogP contribution in [0.1, 0.15) is 59.4 Å². The zero-order chi connectivity index (χ0) is 25.0. The lowest BCUT2D eigenvalue weighted by Gasteiger charge is -2.16. The second-order valence-corrected chi connectivity index (χ2v) is 9.33. The standard InChI is InChI=1S/C24H25F3N4O3S/c1-3-20-12-28-22(35-20)16-7-15(8-19(9-16)34-13-18-5-4-6-33-18)21(32)31-14(2)17-10-29-23(30-11-17)24(25,26)27/h7-12,14,18H,3-6,13H2,1-2H3,(H,31,32)/t14?,18-/m1/s1. The van der Waals surface area contributed by atoms with E-state index >= 15 is 0 Å². The van der Waals surface area contributed by atoms with Gasteiger partial charge < -0.3 is 14.8 Å². The maximum Gasteiger partial charge on any atom is 0.451 e. The molecule has 0 bridgehead atoms. The van der Waals surface area contributed by atoms with Crippen molar-refractivity contribution in [2.75, 3.05) is 13.2 Å². The lowest BCUT2D eigenvalue weighted by molar-refractivity contribution is -0.145. The van der Waals surface area contributed by atoms with E-state index in [0.717, 1.165) is 47.1 Å². The van der Waals surface area contributed by atoms with Gasteiger partial charge in [0.15, 0.2) is 0 Å². The summed E-state index contributed by atoms with van der Waals surface area (Å²) in [4.78, 5) is 25.4. The minimum absolute atomic E-state index is 0.0159. The maximum atomic E-state index is 13.1. The molecule has 3 aromatic rings. The summed E-state index contributed by atoms with van der Waals surface area (Å²) >= 11 is 1.54. The monoisotopic (exact) mass is 506 g/mol. The van der Waals surface area contributed by atoms with Crippen molar-refractivity contribution >= 4 is 17.2 Å². The van der Waals surface area contributed by atoms with Crippen LogP contribution in [0.25, 0.3) is 10.6 Å². The first kappa shape index (κ1) is 25.1. The number of thiazole rings is 1. The van der Waals surface area contributed by atoms with Crippen LogP contribution in [0, 0.1) is 0 Å². The van der Waals surface area contributed by atoms with E-state index in [1.165, 1.54) is 0 Å². The number of carbonyl (C=O) groups excluding carboxylic acids is 1. The summed E-state index contributed by atoms with van der Waals surface area (Å²) in [5.41, 5.74) is 1.44. The number of aromatic nitrogens is 3. The minimum atomic E-state index is -4.63. The van der Waals surface area contributed by atoms with Crippen LogP contribution in [0.3, 0.4) is 0 Å². The third kappa shape index (κ3) is 6.34. The first-order valence-electron chi connectivity index (χ1n) is 11.3. The molecule has 1 aliphatic rings. The largest absolute Gasteiger partial charge is 0.491 e. The fraction of sp³-hybridized carbons (Fsp3) is 0.417. The quantitative estimate of drug-likeness (QED) is 0.450. The summed E-state index contributed by atoms with van der Waals surface area (Å²) < 4.78 is 49.8. The first-order valence-corrected chi connectivity index (χ1v) is 12.1. The Morgan fingerprint density at radius 3 is 2.63 bits per heavy atom. The van der Waals surface area contributed by atoms with E-state index in [4.69, 9.17) is 9.47 Å². The number of alkyl halides is 3. The van der Waals surface area contributed by atoms with Crippen LogP contribution in [0.2, 0.25) is 0 Å². The SMILES string of the molecule is CCc1cnc(-c2cc(OC[C@H]3CCCO3)cc(C(=O)NC(C)c3cnc(C(F)(F)F)nc3)c2)s1. The first-order chi connectivity index (χ1) is 16.7. The Hall–Kier alpha value is -3.05. The van der Waals surface area contributed by atoms with Crippen LogP contribution in [0.15, 0.2) is 36.8 Å². The van der Waals surface area contributed by atoms with Crippen molar-refractivity contribution in [1.29, 1.82) is 0 Å². The molecular formula is C24H25F3N4O3S. The number of aryl methyl sites for hydroxylation is 1. The highest BCUT2D eigenvalue weighted by atomic mass is 32.1. The van der Waals surface area contributed by atoms with Gasteiger partial charge in [-0.3, -0.25) is 4.79 Å². The number of ether oxygens (including phenoxy) is 2. The van der Waals surface area contributed by atoms with Crippen molar-refractivity contribution in [2.24, 2.45) is 0 Å². The second kappa shape index (κ2) is 10.7. The molecule has 7 nitrogen and oxygen atoms in total. The van der Waals surface area contributed by atoms with Gasteiger partial charge in [0.1, 0.15) is 17.4 Å².